The van der Waals surface area contributed by atoms with Crippen molar-refractivity contribution in [3.8, 4) is 6.07 Å². The molecule has 2 nitrogen and oxygen atoms in total. The molecule has 0 aliphatic heterocycles. The summed E-state index contributed by atoms with van der Waals surface area (Å²) in [5.41, 5.74) is 1.93. The van der Waals surface area contributed by atoms with Gasteiger partial charge in [0, 0.05) is 10.9 Å². The van der Waals surface area contributed by atoms with Crippen LogP contribution in [0.1, 0.15) is 17.5 Å². The second-order valence-corrected chi connectivity index (χ2v) is 3.55. The van der Waals surface area contributed by atoms with Crippen LogP contribution < -0.4 is 0 Å². The molecule has 0 saturated heterocycles. The van der Waals surface area contributed by atoms with Gasteiger partial charge in [-0.3, -0.25) is 0 Å². The predicted molar refractivity (Wildman–Crippen MR) is 54.0 cm³/mol. The Morgan fingerprint density at radius 3 is 2.85 bits per heavy atom. The van der Waals surface area contributed by atoms with E-state index in [0.29, 0.717) is 12.8 Å². The Morgan fingerprint density at radius 2 is 2.23 bits per heavy atom. The molecule has 0 atom stereocenters. The van der Waals surface area contributed by atoms with Gasteiger partial charge >= 0.3 is 0 Å². The zero-order valence-corrected chi connectivity index (χ0v) is 8.71. The summed E-state index contributed by atoms with van der Waals surface area (Å²) >= 11 is 3.40. The zero-order valence-electron chi connectivity index (χ0n) is 7.13. The molecule has 3 heteroatoms. The standard InChI is InChI=1S/C10H10BrNO/c11-10-5-1-3-8(7-13)9(10)4-2-6-12/h1,3,5,13H,2,4,7H2. The van der Waals surface area contributed by atoms with Crippen LogP contribution in [0.4, 0.5) is 0 Å². The van der Waals surface area contributed by atoms with Gasteiger partial charge in [0.2, 0.25) is 0 Å². The lowest BCUT2D eigenvalue weighted by Crippen LogP contribution is -1.94. The van der Waals surface area contributed by atoms with Gasteiger partial charge in [-0.15, -0.1) is 0 Å². The predicted octanol–water partition coefficient (Wildman–Crippen LogP) is 2.40. The Bertz CT molecular complexity index is 330. The van der Waals surface area contributed by atoms with E-state index in [2.05, 4.69) is 22.0 Å². The fourth-order valence-corrected chi connectivity index (χ4v) is 1.82. The zero-order chi connectivity index (χ0) is 9.68. The van der Waals surface area contributed by atoms with Crippen molar-refractivity contribution in [3.63, 3.8) is 0 Å². The Labute approximate surface area is 85.9 Å². The fraction of sp³-hybridized carbons (Fsp3) is 0.300. The lowest BCUT2D eigenvalue weighted by Gasteiger charge is -2.07. The Hall–Kier alpha value is -0.850. The lowest BCUT2D eigenvalue weighted by molar-refractivity contribution is 0.280. The summed E-state index contributed by atoms with van der Waals surface area (Å²) in [6.07, 6.45) is 1.17. The summed E-state index contributed by atoms with van der Waals surface area (Å²) in [7, 11) is 0. The molecule has 0 spiro atoms. The van der Waals surface area contributed by atoms with Crippen LogP contribution in [-0.4, -0.2) is 5.11 Å². The molecule has 1 aromatic rings. The third-order valence-electron chi connectivity index (χ3n) is 1.87. The minimum atomic E-state index is 0.0280. The smallest absolute Gasteiger partial charge is 0.0684 e. The molecular weight excluding hydrogens is 230 g/mol. The lowest BCUT2D eigenvalue weighted by atomic mass is 10.0. The monoisotopic (exact) mass is 239 g/mol. The number of nitriles is 1. The van der Waals surface area contributed by atoms with Crippen LogP contribution >= 0.6 is 15.9 Å². The van der Waals surface area contributed by atoms with E-state index in [9.17, 15) is 0 Å². The highest BCUT2D eigenvalue weighted by Crippen LogP contribution is 2.22. The van der Waals surface area contributed by atoms with Crippen molar-refractivity contribution < 1.29 is 5.11 Å². The maximum atomic E-state index is 9.04. The van der Waals surface area contributed by atoms with Crippen molar-refractivity contribution in [2.75, 3.05) is 0 Å². The Morgan fingerprint density at radius 1 is 1.46 bits per heavy atom. The van der Waals surface area contributed by atoms with E-state index < -0.39 is 0 Å². The van der Waals surface area contributed by atoms with Gasteiger partial charge in [-0.1, -0.05) is 28.1 Å². The highest BCUT2D eigenvalue weighted by Gasteiger charge is 2.04. The number of rotatable bonds is 3. The molecule has 68 valence electrons. The number of aliphatic hydroxyl groups excluding tert-OH is 1. The molecule has 0 unspecified atom stereocenters. The van der Waals surface area contributed by atoms with Gasteiger partial charge in [0.25, 0.3) is 0 Å². The number of nitrogens with zero attached hydrogens (tertiary/aromatic N) is 1. The molecule has 0 saturated carbocycles. The molecule has 0 fully saturated rings. The van der Waals surface area contributed by atoms with Gasteiger partial charge in [-0.05, 0) is 23.6 Å². The first-order valence-corrected chi connectivity index (χ1v) is 4.83. The van der Waals surface area contributed by atoms with Crippen LogP contribution in [0.5, 0.6) is 0 Å². The highest BCUT2D eigenvalue weighted by molar-refractivity contribution is 9.10. The quantitative estimate of drug-likeness (QED) is 0.881. The van der Waals surface area contributed by atoms with E-state index in [-0.39, 0.29) is 6.61 Å². The maximum Gasteiger partial charge on any atom is 0.0684 e. The maximum absolute atomic E-state index is 9.04. The van der Waals surface area contributed by atoms with Crippen LogP contribution in [0, 0.1) is 11.3 Å². The topological polar surface area (TPSA) is 44.0 Å². The average Bonchev–Trinajstić information content (AvgIpc) is 2.15. The number of halogens is 1. The molecule has 0 aliphatic rings. The molecule has 0 radical (unpaired) electrons. The second-order valence-electron chi connectivity index (χ2n) is 2.69. The van der Waals surface area contributed by atoms with E-state index >= 15 is 0 Å². The first-order valence-electron chi connectivity index (χ1n) is 4.03. The number of aliphatic hydroxyl groups is 1. The number of benzene rings is 1. The van der Waals surface area contributed by atoms with Crippen LogP contribution in [-0.2, 0) is 13.0 Å². The summed E-state index contributed by atoms with van der Waals surface area (Å²) in [6, 6.07) is 7.77. The third-order valence-corrected chi connectivity index (χ3v) is 2.62. The van der Waals surface area contributed by atoms with Gasteiger partial charge in [-0.2, -0.15) is 5.26 Å². The first-order chi connectivity index (χ1) is 6.29. The molecule has 0 amide bonds. The number of hydrogen-bond acceptors (Lipinski definition) is 2. The molecule has 0 aromatic heterocycles. The summed E-state index contributed by atoms with van der Waals surface area (Å²) in [6.45, 7) is 0.0280. The molecule has 0 bridgehead atoms. The van der Waals surface area contributed by atoms with Crippen molar-refractivity contribution in [1.82, 2.24) is 0 Å². The molecule has 1 rings (SSSR count). The van der Waals surface area contributed by atoms with Crippen LogP contribution in [0.15, 0.2) is 22.7 Å². The van der Waals surface area contributed by atoms with Gasteiger partial charge in [-0.25, -0.2) is 0 Å². The van der Waals surface area contributed by atoms with E-state index in [1.54, 1.807) is 0 Å². The van der Waals surface area contributed by atoms with E-state index in [1.807, 2.05) is 18.2 Å². The Kier molecular flexibility index (Phi) is 3.94. The summed E-state index contributed by atoms with van der Waals surface area (Å²) in [4.78, 5) is 0. The average molecular weight is 240 g/mol. The number of hydrogen-bond donors (Lipinski definition) is 1. The molecule has 0 heterocycles. The van der Waals surface area contributed by atoms with Gasteiger partial charge in [0.1, 0.15) is 0 Å². The van der Waals surface area contributed by atoms with Gasteiger partial charge < -0.3 is 5.11 Å². The second kappa shape index (κ2) is 5.00. The first kappa shape index (κ1) is 10.2. The minimum Gasteiger partial charge on any atom is -0.392 e. The third kappa shape index (κ3) is 2.55. The van der Waals surface area contributed by atoms with Crippen molar-refractivity contribution in [2.24, 2.45) is 0 Å². The van der Waals surface area contributed by atoms with Crippen molar-refractivity contribution in [3.05, 3.63) is 33.8 Å². The minimum absolute atomic E-state index is 0.0280. The highest BCUT2D eigenvalue weighted by atomic mass is 79.9. The van der Waals surface area contributed by atoms with Gasteiger partial charge in [0.05, 0.1) is 12.7 Å². The normalized spacial score (nSPS) is 9.62. The molecule has 0 aliphatic carbocycles. The summed E-state index contributed by atoms with van der Waals surface area (Å²) in [5, 5.41) is 17.5. The molecule has 13 heavy (non-hydrogen) atoms. The molecule has 1 aromatic carbocycles. The van der Waals surface area contributed by atoms with Crippen LogP contribution in [0.3, 0.4) is 0 Å². The van der Waals surface area contributed by atoms with Crippen LogP contribution in [0.2, 0.25) is 0 Å². The van der Waals surface area contributed by atoms with Crippen LogP contribution in [0.25, 0.3) is 0 Å². The fourth-order valence-electron chi connectivity index (χ4n) is 1.21. The summed E-state index contributed by atoms with van der Waals surface area (Å²) in [5.74, 6) is 0. The largest absolute Gasteiger partial charge is 0.392 e. The molecule has 1 N–H and O–H groups in total. The van der Waals surface area contributed by atoms with Crippen molar-refractivity contribution in [1.29, 1.82) is 5.26 Å². The molecular formula is C10H10BrNO. The van der Waals surface area contributed by atoms with Gasteiger partial charge in [0.15, 0.2) is 0 Å². The van der Waals surface area contributed by atoms with E-state index in [0.717, 1.165) is 15.6 Å². The SMILES string of the molecule is N#CCCc1c(Br)cccc1CO. The van der Waals surface area contributed by atoms with Crippen molar-refractivity contribution >= 4 is 15.9 Å². The van der Waals surface area contributed by atoms with E-state index in [1.165, 1.54) is 0 Å². The summed E-state index contributed by atoms with van der Waals surface area (Å²) < 4.78 is 0.967. The van der Waals surface area contributed by atoms with Crippen molar-refractivity contribution in [2.45, 2.75) is 19.4 Å². The van der Waals surface area contributed by atoms with E-state index in [4.69, 9.17) is 10.4 Å². The Balaban J connectivity index is 2.95.